The van der Waals surface area contributed by atoms with Gasteiger partial charge in [-0.2, -0.15) is 4.98 Å². The number of morpholine rings is 1. The van der Waals surface area contributed by atoms with Gasteiger partial charge in [-0.15, -0.1) is 5.10 Å². The number of imidazole rings is 1. The maximum Gasteiger partial charge on any atom is 0.434 e. The Kier molecular flexibility index (Phi) is 7.44. The van der Waals surface area contributed by atoms with E-state index in [1.807, 2.05) is 12.1 Å². The van der Waals surface area contributed by atoms with Gasteiger partial charge in [0.2, 0.25) is 11.8 Å². The van der Waals surface area contributed by atoms with E-state index in [1.54, 1.807) is 12.4 Å². The number of rotatable bonds is 6. The van der Waals surface area contributed by atoms with Crippen molar-refractivity contribution in [1.29, 1.82) is 0 Å². The highest BCUT2D eigenvalue weighted by Gasteiger charge is 2.36. The number of pyridine rings is 1. The molecule has 0 radical (unpaired) electrons. The molecule has 2 atom stereocenters. The van der Waals surface area contributed by atoms with E-state index in [0.29, 0.717) is 41.0 Å². The summed E-state index contributed by atoms with van der Waals surface area (Å²) in [6.45, 7) is 6.46. The smallest absolute Gasteiger partial charge is 0.384 e. The van der Waals surface area contributed by atoms with E-state index in [2.05, 4.69) is 62.8 Å². The topological polar surface area (TPSA) is 128 Å². The molecule has 7 rings (SSSR count). The second-order valence-corrected chi connectivity index (χ2v) is 12.1. The maximum absolute atomic E-state index is 11.8. The van der Waals surface area contributed by atoms with E-state index in [1.165, 1.54) is 12.8 Å². The molecule has 0 amide bonds. The lowest BCUT2D eigenvalue weighted by molar-refractivity contribution is 0.0221. The maximum atomic E-state index is 11.8. The van der Waals surface area contributed by atoms with Crippen LogP contribution in [0.5, 0.6) is 0 Å². The lowest BCUT2D eigenvalue weighted by atomic mass is 9.83. The summed E-state index contributed by atoms with van der Waals surface area (Å²) in [5.74, 6) is 1.48. The highest BCUT2D eigenvalue weighted by molar-refractivity contribution is 6.30. The predicted molar refractivity (Wildman–Crippen MR) is 163 cm³/mol. The van der Waals surface area contributed by atoms with Gasteiger partial charge in [-0.25, -0.2) is 19.9 Å². The first-order chi connectivity index (χ1) is 20.9. The molecule has 222 valence electrons. The van der Waals surface area contributed by atoms with E-state index in [4.69, 9.17) is 35.7 Å². The Morgan fingerprint density at radius 2 is 1.86 bits per heavy atom. The Bertz CT molecular complexity index is 1790. The standard InChI is InChI=1S/C31H33ClN8O3/c1-18-8-10-20(11-9-18)17-40-26-24(22-14-23(32)16-33-15-22)34-28(29-37-38-31(41)43-29)35-27(26)36-30(40)39-12-13-42-19(2)25(39)21-6-4-3-5-7-21/h3-7,14-16,18-20,25H,8-13,17H2,1-2H3,(H,38,41)/t18?,19-,20?,25+/m1/s1. The zero-order valence-corrected chi connectivity index (χ0v) is 24.9. The summed E-state index contributed by atoms with van der Waals surface area (Å²) in [5, 5.41) is 6.78. The van der Waals surface area contributed by atoms with Gasteiger partial charge in [-0.3, -0.25) is 4.98 Å². The first kappa shape index (κ1) is 27.7. The molecule has 1 aromatic carbocycles. The number of nitrogens with one attached hydrogen (secondary N) is 1. The molecular formula is C31H33ClN8O3. The Hall–Kier alpha value is -4.09. The van der Waals surface area contributed by atoms with Gasteiger partial charge in [0.25, 0.3) is 5.89 Å². The van der Waals surface area contributed by atoms with E-state index < -0.39 is 5.76 Å². The van der Waals surface area contributed by atoms with Crippen LogP contribution in [0.1, 0.15) is 51.1 Å². The quantitative estimate of drug-likeness (QED) is 0.262. The van der Waals surface area contributed by atoms with Crippen molar-refractivity contribution in [3.63, 3.8) is 0 Å². The van der Waals surface area contributed by atoms with Crippen molar-refractivity contribution in [3.8, 4) is 23.0 Å². The largest absolute Gasteiger partial charge is 0.434 e. The van der Waals surface area contributed by atoms with Gasteiger partial charge in [0.1, 0.15) is 11.2 Å². The summed E-state index contributed by atoms with van der Waals surface area (Å²) in [7, 11) is 0. The highest BCUT2D eigenvalue weighted by atomic mass is 35.5. The van der Waals surface area contributed by atoms with Crippen LogP contribution >= 0.6 is 11.6 Å². The number of hydrogen-bond donors (Lipinski definition) is 1. The molecule has 11 nitrogen and oxygen atoms in total. The molecule has 2 fully saturated rings. The Labute approximate surface area is 253 Å². The summed E-state index contributed by atoms with van der Waals surface area (Å²) in [4.78, 5) is 33.4. The zero-order valence-electron chi connectivity index (χ0n) is 24.1. The molecular weight excluding hydrogens is 568 g/mol. The van der Waals surface area contributed by atoms with Gasteiger partial charge in [-0.05, 0) is 43.2 Å². The minimum absolute atomic E-state index is 0.0114. The SMILES string of the molecule is CC1CCC(Cn2c(N3CCO[C@H](C)[C@H]3c3ccccc3)nc3nc(-c4n[nH]c(=O)o4)nc(-c4cncc(Cl)c4)c32)CC1. The van der Waals surface area contributed by atoms with Crippen molar-refractivity contribution >= 4 is 28.7 Å². The van der Waals surface area contributed by atoms with Crippen molar-refractivity contribution in [2.75, 3.05) is 18.1 Å². The molecule has 43 heavy (non-hydrogen) atoms. The third kappa shape index (κ3) is 5.43. The average molecular weight is 601 g/mol. The average Bonchev–Trinajstić information content (AvgIpc) is 3.61. The molecule has 4 aromatic heterocycles. The summed E-state index contributed by atoms with van der Waals surface area (Å²) in [6, 6.07) is 12.2. The van der Waals surface area contributed by atoms with E-state index in [-0.39, 0.29) is 23.9 Å². The summed E-state index contributed by atoms with van der Waals surface area (Å²) < 4.78 is 13.7. The Morgan fingerprint density at radius 3 is 2.60 bits per heavy atom. The molecule has 1 N–H and O–H groups in total. The molecule has 1 saturated carbocycles. The number of fused-ring (bicyclic) bond motifs is 1. The minimum atomic E-state index is -0.685. The summed E-state index contributed by atoms with van der Waals surface area (Å²) >= 11 is 6.42. The molecule has 1 saturated heterocycles. The van der Waals surface area contributed by atoms with Crippen LogP contribution in [-0.2, 0) is 11.3 Å². The van der Waals surface area contributed by atoms with Crippen molar-refractivity contribution in [1.82, 2.24) is 34.7 Å². The van der Waals surface area contributed by atoms with Crippen molar-refractivity contribution in [2.24, 2.45) is 11.8 Å². The van der Waals surface area contributed by atoms with Crippen molar-refractivity contribution in [3.05, 3.63) is 69.9 Å². The number of aromatic amines is 1. The predicted octanol–water partition coefficient (Wildman–Crippen LogP) is 5.68. The molecule has 2 aliphatic rings. The number of H-pyrrole nitrogens is 1. The Morgan fingerprint density at radius 1 is 1.05 bits per heavy atom. The third-order valence-electron chi connectivity index (χ3n) is 8.66. The monoisotopic (exact) mass is 600 g/mol. The van der Waals surface area contributed by atoms with Gasteiger partial charge >= 0.3 is 5.76 Å². The fourth-order valence-electron chi connectivity index (χ4n) is 6.50. The van der Waals surface area contributed by atoms with Gasteiger partial charge in [0.05, 0.1) is 23.8 Å². The summed E-state index contributed by atoms with van der Waals surface area (Å²) in [5.41, 5.74) is 3.73. The van der Waals surface area contributed by atoms with E-state index >= 15 is 0 Å². The molecule has 1 aliphatic heterocycles. The van der Waals surface area contributed by atoms with Crippen LogP contribution in [0.2, 0.25) is 5.02 Å². The molecule has 0 spiro atoms. The second-order valence-electron chi connectivity index (χ2n) is 11.7. The molecule has 5 aromatic rings. The van der Waals surface area contributed by atoms with Crippen LogP contribution in [-0.4, -0.2) is 54.0 Å². The highest BCUT2D eigenvalue weighted by Crippen LogP contribution is 2.39. The van der Waals surface area contributed by atoms with E-state index in [0.717, 1.165) is 42.3 Å². The van der Waals surface area contributed by atoms with Gasteiger partial charge in [0.15, 0.2) is 5.65 Å². The first-order valence-electron chi connectivity index (χ1n) is 14.8. The number of nitrogens with zero attached hydrogens (tertiary/aromatic N) is 7. The van der Waals surface area contributed by atoms with Crippen LogP contribution in [0.4, 0.5) is 5.95 Å². The van der Waals surface area contributed by atoms with Crippen LogP contribution in [0.3, 0.4) is 0 Å². The van der Waals surface area contributed by atoms with Crippen LogP contribution in [0, 0.1) is 11.8 Å². The van der Waals surface area contributed by atoms with Crippen molar-refractivity contribution in [2.45, 2.75) is 58.2 Å². The van der Waals surface area contributed by atoms with Crippen LogP contribution in [0.15, 0.2) is 58.0 Å². The number of aromatic nitrogens is 7. The molecule has 0 bridgehead atoms. The van der Waals surface area contributed by atoms with Crippen LogP contribution in [0.25, 0.3) is 34.1 Å². The molecule has 1 aliphatic carbocycles. The molecule has 12 heteroatoms. The van der Waals surface area contributed by atoms with Gasteiger partial charge in [0, 0.05) is 31.0 Å². The third-order valence-corrected chi connectivity index (χ3v) is 8.86. The number of halogens is 1. The number of hydrogen-bond acceptors (Lipinski definition) is 9. The number of ether oxygens (including phenoxy) is 1. The number of benzene rings is 1. The molecule has 0 unspecified atom stereocenters. The van der Waals surface area contributed by atoms with Crippen LogP contribution < -0.4 is 10.7 Å². The van der Waals surface area contributed by atoms with Gasteiger partial charge < -0.3 is 18.6 Å². The fourth-order valence-corrected chi connectivity index (χ4v) is 6.67. The minimum Gasteiger partial charge on any atom is -0.384 e. The first-order valence-corrected chi connectivity index (χ1v) is 15.2. The number of anilines is 1. The normalized spacial score (nSPS) is 22.7. The van der Waals surface area contributed by atoms with Crippen molar-refractivity contribution < 1.29 is 9.15 Å². The molecule has 5 heterocycles. The zero-order chi connectivity index (χ0) is 29.5. The van der Waals surface area contributed by atoms with Gasteiger partial charge in [-0.1, -0.05) is 61.7 Å². The fraction of sp³-hybridized carbons (Fsp3) is 0.419. The lowest BCUT2D eigenvalue weighted by Gasteiger charge is -2.41. The Balaban J connectivity index is 1.46. The second kappa shape index (κ2) is 11.5. The lowest BCUT2D eigenvalue weighted by Crippen LogP contribution is -2.45. The summed E-state index contributed by atoms with van der Waals surface area (Å²) in [6.07, 6.45) is 7.95. The van der Waals surface area contributed by atoms with E-state index in [9.17, 15) is 4.79 Å².